The zero-order chi connectivity index (χ0) is 15.6. The molecular weight excluding hydrogens is 266 g/mol. The Morgan fingerprint density at radius 1 is 1.29 bits per heavy atom. The van der Waals surface area contributed by atoms with Crippen molar-refractivity contribution in [3.05, 3.63) is 50.1 Å². The van der Waals surface area contributed by atoms with Crippen LogP contribution >= 0.6 is 0 Å². The number of rotatable bonds is 3. The van der Waals surface area contributed by atoms with Gasteiger partial charge in [0.05, 0.1) is 5.69 Å². The summed E-state index contributed by atoms with van der Waals surface area (Å²) in [6.45, 7) is 7.66. The van der Waals surface area contributed by atoms with Gasteiger partial charge in [-0.05, 0) is 44.9 Å². The summed E-state index contributed by atoms with van der Waals surface area (Å²) in [4.78, 5) is 14.7. The number of aromatic nitrogens is 3. The van der Waals surface area contributed by atoms with Crippen LogP contribution in [0.1, 0.15) is 33.6 Å². The lowest BCUT2D eigenvalue weighted by atomic mass is 10.1. The molecule has 0 radical (unpaired) electrons. The molecule has 0 aliphatic carbocycles. The molecular formula is C15H17N5O. The van der Waals surface area contributed by atoms with Crippen LogP contribution in [-0.2, 0) is 6.54 Å². The van der Waals surface area contributed by atoms with Crippen LogP contribution in [0, 0.1) is 39.0 Å². The van der Waals surface area contributed by atoms with Crippen LogP contribution in [0.5, 0.6) is 0 Å². The first-order chi connectivity index (χ1) is 9.93. The SMILES string of the molecule is Cc1cc(C)c(CNc2nnc(C)c(C)c2C#N)c(=O)[nH]1. The number of nitrogens with one attached hydrogen (secondary N) is 2. The van der Waals surface area contributed by atoms with E-state index >= 15 is 0 Å². The van der Waals surface area contributed by atoms with Crippen LogP contribution in [-0.4, -0.2) is 15.2 Å². The molecule has 6 nitrogen and oxygen atoms in total. The number of nitrogens with zero attached hydrogens (tertiary/aromatic N) is 3. The molecule has 2 N–H and O–H groups in total. The van der Waals surface area contributed by atoms with Crippen molar-refractivity contribution in [2.75, 3.05) is 5.32 Å². The number of aromatic amines is 1. The minimum absolute atomic E-state index is 0.129. The molecule has 0 spiro atoms. The van der Waals surface area contributed by atoms with Crippen molar-refractivity contribution in [2.45, 2.75) is 34.2 Å². The highest BCUT2D eigenvalue weighted by Gasteiger charge is 2.12. The molecule has 6 heteroatoms. The largest absolute Gasteiger partial charge is 0.363 e. The Bertz CT molecular complexity index is 786. The van der Waals surface area contributed by atoms with E-state index in [9.17, 15) is 10.1 Å². The van der Waals surface area contributed by atoms with Crippen molar-refractivity contribution >= 4 is 5.82 Å². The van der Waals surface area contributed by atoms with Gasteiger partial charge in [-0.25, -0.2) is 0 Å². The van der Waals surface area contributed by atoms with Crippen molar-refractivity contribution < 1.29 is 0 Å². The average Bonchev–Trinajstić information content (AvgIpc) is 2.41. The first-order valence-electron chi connectivity index (χ1n) is 6.61. The smallest absolute Gasteiger partial charge is 0.253 e. The molecule has 2 aromatic rings. The molecule has 2 heterocycles. The number of hydrogen-bond donors (Lipinski definition) is 2. The summed E-state index contributed by atoms with van der Waals surface area (Å²) < 4.78 is 0. The number of pyridine rings is 1. The Morgan fingerprint density at radius 2 is 2.00 bits per heavy atom. The summed E-state index contributed by atoms with van der Waals surface area (Å²) in [5, 5.41) is 20.3. The summed E-state index contributed by atoms with van der Waals surface area (Å²) in [7, 11) is 0. The van der Waals surface area contributed by atoms with Crippen molar-refractivity contribution in [1.82, 2.24) is 15.2 Å². The third kappa shape index (κ3) is 2.92. The normalized spacial score (nSPS) is 10.2. The fourth-order valence-electron chi connectivity index (χ4n) is 2.14. The van der Waals surface area contributed by atoms with E-state index in [-0.39, 0.29) is 5.56 Å². The minimum atomic E-state index is -0.129. The van der Waals surface area contributed by atoms with E-state index < -0.39 is 0 Å². The summed E-state index contributed by atoms with van der Waals surface area (Å²) in [6.07, 6.45) is 0. The van der Waals surface area contributed by atoms with Gasteiger partial charge in [0.1, 0.15) is 11.6 Å². The quantitative estimate of drug-likeness (QED) is 0.897. The standard InChI is InChI=1S/C15H17N5O/c1-8-5-9(2)18-15(21)13(8)7-17-14-12(6-16)10(3)11(4)19-20-14/h5H,7H2,1-4H3,(H,17,20)(H,18,21). The molecule has 0 unspecified atom stereocenters. The van der Waals surface area contributed by atoms with E-state index in [1.807, 2.05) is 33.8 Å². The molecule has 0 saturated carbocycles. The van der Waals surface area contributed by atoms with Crippen LogP contribution in [0.2, 0.25) is 0 Å². The van der Waals surface area contributed by atoms with Gasteiger partial charge < -0.3 is 10.3 Å². The number of aryl methyl sites for hydroxylation is 3. The number of anilines is 1. The molecule has 0 saturated heterocycles. The molecule has 108 valence electrons. The minimum Gasteiger partial charge on any atom is -0.363 e. The highest BCUT2D eigenvalue weighted by molar-refractivity contribution is 5.56. The van der Waals surface area contributed by atoms with E-state index in [0.717, 1.165) is 22.5 Å². The second-order valence-corrected chi connectivity index (χ2v) is 5.04. The lowest BCUT2D eigenvalue weighted by Crippen LogP contribution is -2.19. The Kier molecular flexibility index (Phi) is 4.03. The molecule has 0 atom stereocenters. The molecule has 0 aliphatic heterocycles. The van der Waals surface area contributed by atoms with E-state index in [1.54, 1.807) is 0 Å². The first kappa shape index (κ1) is 14.7. The molecule has 0 fully saturated rings. The van der Waals surface area contributed by atoms with Crippen molar-refractivity contribution in [3.63, 3.8) is 0 Å². The van der Waals surface area contributed by atoms with Gasteiger partial charge in [-0.1, -0.05) is 0 Å². The average molecular weight is 283 g/mol. The zero-order valence-corrected chi connectivity index (χ0v) is 12.5. The van der Waals surface area contributed by atoms with Gasteiger partial charge in [-0.2, -0.15) is 10.4 Å². The predicted molar refractivity (Wildman–Crippen MR) is 80.1 cm³/mol. The predicted octanol–water partition coefficient (Wildman–Crippen LogP) is 1.88. The molecule has 0 amide bonds. The van der Waals surface area contributed by atoms with Crippen LogP contribution in [0.25, 0.3) is 0 Å². The van der Waals surface area contributed by atoms with Crippen LogP contribution in [0.4, 0.5) is 5.82 Å². The Hall–Kier alpha value is -2.68. The summed E-state index contributed by atoms with van der Waals surface area (Å²) in [5.41, 5.74) is 4.21. The van der Waals surface area contributed by atoms with Crippen LogP contribution in [0.3, 0.4) is 0 Å². The highest BCUT2D eigenvalue weighted by atomic mass is 16.1. The van der Waals surface area contributed by atoms with Gasteiger partial charge in [-0.3, -0.25) is 4.79 Å². The summed E-state index contributed by atoms with van der Waals surface area (Å²) in [5.74, 6) is 0.403. The third-order valence-electron chi connectivity index (χ3n) is 3.49. The first-order valence-corrected chi connectivity index (χ1v) is 6.61. The monoisotopic (exact) mass is 283 g/mol. The van der Waals surface area contributed by atoms with Gasteiger partial charge in [0.15, 0.2) is 5.82 Å². The highest BCUT2D eigenvalue weighted by Crippen LogP contribution is 2.17. The Labute approximate surface area is 122 Å². The maximum Gasteiger partial charge on any atom is 0.253 e. The number of nitriles is 1. The number of hydrogen-bond acceptors (Lipinski definition) is 5. The van der Waals surface area contributed by atoms with Gasteiger partial charge in [0.25, 0.3) is 5.56 Å². The lowest BCUT2D eigenvalue weighted by Gasteiger charge is -2.11. The fourth-order valence-corrected chi connectivity index (χ4v) is 2.14. The van der Waals surface area contributed by atoms with Crippen LogP contribution < -0.4 is 10.9 Å². The van der Waals surface area contributed by atoms with Gasteiger partial charge >= 0.3 is 0 Å². The molecule has 21 heavy (non-hydrogen) atoms. The zero-order valence-electron chi connectivity index (χ0n) is 12.5. The van der Waals surface area contributed by atoms with E-state index in [1.165, 1.54) is 0 Å². The molecule has 2 rings (SSSR count). The van der Waals surface area contributed by atoms with Gasteiger partial charge in [0, 0.05) is 17.8 Å². The topological polar surface area (TPSA) is 94.5 Å². The maximum absolute atomic E-state index is 12.0. The fraction of sp³-hybridized carbons (Fsp3) is 0.333. The second kappa shape index (κ2) is 5.75. The van der Waals surface area contributed by atoms with Crippen molar-refractivity contribution in [2.24, 2.45) is 0 Å². The third-order valence-corrected chi connectivity index (χ3v) is 3.49. The van der Waals surface area contributed by atoms with E-state index in [4.69, 9.17) is 0 Å². The van der Waals surface area contributed by atoms with Crippen molar-refractivity contribution in [1.29, 1.82) is 5.26 Å². The van der Waals surface area contributed by atoms with Crippen LogP contribution in [0.15, 0.2) is 10.9 Å². The van der Waals surface area contributed by atoms with Gasteiger partial charge in [-0.15, -0.1) is 5.10 Å². The number of H-pyrrole nitrogens is 1. The second-order valence-electron chi connectivity index (χ2n) is 5.04. The van der Waals surface area contributed by atoms with E-state index in [0.29, 0.717) is 23.5 Å². The van der Waals surface area contributed by atoms with Gasteiger partial charge in [0.2, 0.25) is 0 Å². The summed E-state index contributed by atoms with van der Waals surface area (Å²) >= 11 is 0. The lowest BCUT2D eigenvalue weighted by molar-refractivity contribution is 0.931. The molecule has 0 aromatic carbocycles. The Balaban J connectivity index is 2.32. The Morgan fingerprint density at radius 3 is 2.62 bits per heavy atom. The van der Waals surface area contributed by atoms with E-state index in [2.05, 4.69) is 26.6 Å². The molecule has 0 bridgehead atoms. The molecule has 2 aromatic heterocycles. The van der Waals surface area contributed by atoms with Crippen molar-refractivity contribution in [3.8, 4) is 6.07 Å². The molecule has 0 aliphatic rings. The summed E-state index contributed by atoms with van der Waals surface area (Å²) in [6, 6.07) is 4.04. The maximum atomic E-state index is 12.0.